The lowest BCUT2D eigenvalue weighted by Crippen LogP contribution is -2.39. The summed E-state index contributed by atoms with van der Waals surface area (Å²) in [6, 6.07) is 12.0. The Hall–Kier alpha value is -3.42. The van der Waals surface area contributed by atoms with Crippen molar-refractivity contribution in [1.29, 1.82) is 0 Å². The highest BCUT2D eigenvalue weighted by molar-refractivity contribution is 5.80. The number of carbonyl (C=O) groups is 3. The van der Waals surface area contributed by atoms with Crippen LogP contribution in [0.15, 0.2) is 48.5 Å². The Morgan fingerprint density at radius 2 is 1.69 bits per heavy atom. The summed E-state index contributed by atoms with van der Waals surface area (Å²) >= 11 is 0. The zero-order valence-electron chi connectivity index (χ0n) is 16.2. The summed E-state index contributed by atoms with van der Waals surface area (Å²) in [6.45, 7) is 2.35. The quantitative estimate of drug-likeness (QED) is 0.481. The van der Waals surface area contributed by atoms with Gasteiger partial charge in [-0.25, -0.2) is 9.18 Å². The van der Waals surface area contributed by atoms with Crippen LogP contribution in [0.1, 0.15) is 29.2 Å². The highest BCUT2D eigenvalue weighted by atomic mass is 19.1. The largest absolute Gasteiger partial charge is 0.354 e. The van der Waals surface area contributed by atoms with Crippen LogP contribution in [0.5, 0.6) is 0 Å². The Morgan fingerprint density at radius 3 is 2.34 bits per heavy atom. The number of nitrogens with one attached hydrogen (secondary N) is 3. The molecule has 0 heterocycles. The van der Waals surface area contributed by atoms with Crippen LogP contribution >= 0.6 is 0 Å². The van der Waals surface area contributed by atoms with E-state index in [1.54, 1.807) is 12.1 Å². The molecule has 2 aromatic carbocycles. The molecule has 29 heavy (non-hydrogen) atoms. The maximum atomic E-state index is 13.1. The highest BCUT2D eigenvalue weighted by Crippen LogP contribution is 2.20. The molecule has 8 heteroatoms. The number of primary amides is 1. The predicted molar refractivity (Wildman–Crippen MR) is 107 cm³/mol. The highest BCUT2D eigenvalue weighted by Gasteiger charge is 2.18. The monoisotopic (exact) mass is 400 g/mol. The number of benzene rings is 2. The molecule has 2 rings (SSSR count). The lowest BCUT2D eigenvalue weighted by Gasteiger charge is -2.19. The molecule has 1 atom stereocenters. The number of amides is 4. The molecule has 0 radical (unpaired) electrons. The fourth-order valence-electron chi connectivity index (χ4n) is 2.94. The van der Waals surface area contributed by atoms with Gasteiger partial charge in [0, 0.05) is 13.1 Å². The van der Waals surface area contributed by atoms with Gasteiger partial charge in [0.15, 0.2) is 0 Å². The molecule has 154 valence electrons. The molecule has 5 N–H and O–H groups in total. The van der Waals surface area contributed by atoms with E-state index in [-0.39, 0.29) is 37.7 Å². The molecule has 0 spiro atoms. The summed E-state index contributed by atoms with van der Waals surface area (Å²) in [4.78, 5) is 35.4. The second-order valence-corrected chi connectivity index (χ2v) is 6.63. The summed E-state index contributed by atoms with van der Waals surface area (Å²) in [6.07, 6.45) is 0.0780. The molecule has 0 aliphatic rings. The molecule has 0 aliphatic carbocycles. The van der Waals surface area contributed by atoms with E-state index in [1.165, 1.54) is 12.1 Å². The van der Waals surface area contributed by atoms with E-state index in [0.717, 1.165) is 11.1 Å². The van der Waals surface area contributed by atoms with Crippen LogP contribution in [0.4, 0.5) is 9.18 Å². The lowest BCUT2D eigenvalue weighted by molar-refractivity contribution is -0.122. The molecule has 0 bridgehead atoms. The summed E-state index contributed by atoms with van der Waals surface area (Å²) in [5, 5.41) is 7.95. The van der Waals surface area contributed by atoms with E-state index >= 15 is 0 Å². The van der Waals surface area contributed by atoms with Crippen LogP contribution in [0.3, 0.4) is 0 Å². The van der Waals surface area contributed by atoms with Crippen molar-refractivity contribution in [2.24, 2.45) is 5.73 Å². The zero-order valence-corrected chi connectivity index (χ0v) is 16.2. The standard InChI is InChI=1S/C21H25FN4O3/c1-14-5-2-3-8-17(14)18(26-21(23)29)13-20(28)25-10-9-24-19(27)12-15-6-4-7-16(22)11-15/h2-8,11,18H,9-10,12-13H2,1H3,(H,24,27)(H,25,28)(H3,23,26,29). The van der Waals surface area contributed by atoms with Gasteiger partial charge >= 0.3 is 6.03 Å². The zero-order chi connectivity index (χ0) is 21.2. The average Bonchev–Trinajstić information content (AvgIpc) is 2.65. The number of rotatable bonds is 9. The van der Waals surface area contributed by atoms with Crippen molar-refractivity contribution in [1.82, 2.24) is 16.0 Å². The Labute approximate surface area is 168 Å². The third-order valence-electron chi connectivity index (χ3n) is 4.29. The van der Waals surface area contributed by atoms with Crippen molar-refractivity contribution < 1.29 is 18.8 Å². The average molecular weight is 400 g/mol. The number of aryl methyl sites for hydroxylation is 1. The number of hydrogen-bond donors (Lipinski definition) is 4. The van der Waals surface area contributed by atoms with Gasteiger partial charge < -0.3 is 21.7 Å². The second-order valence-electron chi connectivity index (χ2n) is 6.63. The third-order valence-corrected chi connectivity index (χ3v) is 4.29. The van der Waals surface area contributed by atoms with Crippen LogP contribution in [0, 0.1) is 12.7 Å². The van der Waals surface area contributed by atoms with Crippen molar-refractivity contribution in [2.75, 3.05) is 13.1 Å². The molecule has 0 saturated carbocycles. The first-order valence-corrected chi connectivity index (χ1v) is 9.24. The molecular weight excluding hydrogens is 375 g/mol. The molecule has 0 aliphatic heterocycles. The minimum atomic E-state index is -0.712. The van der Waals surface area contributed by atoms with Gasteiger partial charge in [-0.1, -0.05) is 36.4 Å². The molecule has 0 aromatic heterocycles. The Balaban J connectivity index is 1.78. The molecule has 4 amide bonds. The number of halogens is 1. The van der Waals surface area contributed by atoms with Crippen LogP contribution in [0.2, 0.25) is 0 Å². The van der Waals surface area contributed by atoms with Gasteiger partial charge in [-0.15, -0.1) is 0 Å². The molecule has 2 aromatic rings. The van der Waals surface area contributed by atoms with Gasteiger partial charge in [0.2, 0.25) is 11.8 Å². The smallest absolute Gasteiger partial charge is 0.312 e. The van der Waals surface area contributed by atoms with Crippen molar-refractivity contribution >= 4 is 17.8 Å². The number of urea groups is 1. The van der Waals surface area contributed by atoms with Crippen LogP contribution in [0.25, 0.3) is 0 Å². The maximum Gasteiger partial charge on any atom is 0.312 e. The SMILES string of the molecule is Cc1ccccc1C(CC(=O)NCCNC(=O)Cc1cccc(F)c1)NC(N)=O. The summed E-state index contributed by atoms with van der Waals surface area (Å²) in [5.41, 5.74) is 7.55. The molecule has 7 nitrogen and oxygen atoms in total. The van der Waals surface area contributed by atoms with Crippen molar-refractivity contribution in [3.8, 4) is 0 Å². The van der Waals surface area contributed by atoms with Gasteiger partial charge in [0.05, 0.1) is 18.9 Å². The first kappa shape index (κ1) is 21.9. The van der Waals surface area contributed by atoms with Gasteiger partial charge in [0.1, 0.15) is 5.82 Å². The normalized spacial score (nSPS) is 11.4. The Kier molecular flexibility index (Phi) is 8.14. The molecule has 0 saturated heterocycles. The second kappa shape index (κ2) is 10.8. The lowest BCUT2D eigenvalue weighted by atomic mass is 9.98. The summed E-state index contributed by atoms with van der Waals surface area (Å²) < 4.78 is 13.1. The maximum absolute atomic E-state index is 13.1. The molecule has 0 fully saturated rings. The van der Waals surface area contributed by atoms with Gasteiger partial charge in [0.25, 0.3) is 0 Å². The van der Waals surface area contributed by atoms with Crippen LogP contribution in [-0.2, 0) is 16.0 Å². The fraction of sp³-hybridized carbons (Fsp3) is 0.286. The van der Waals surface area contributed by atoms with E-state index in [2.05, 4.69) is 16.0 Å². The predicted octanol–water partition coefficient (Wildman–Crippen LogP) is 1.71. The number of carbonyl (C=O) groups excluding carboxylic acids is 3. The van der Waals surface area contributed by atoms with Gasteiger partial charge in [-0.05, 0) is 35.7 Å². The van der Waals surface area contributed by atoms with Crippen molar-refractivity contribution in [3.63, 3.8) is 0 Å². The number of hydrogen-bond acceptors (Lipinski definition) is 3. The number of nitrogens with two attached hydrogens (primary N) is 1. The van der Waals surface area contributed by atoms with E-state index in [9.17, 15) is 18.8 Å². The third kappa shape index (κ3) is 7.61. The minimum Gasteiger partial charge on any atom is -0.354 e. The summed E-state index contributed by atoms with van der Waals surface area (Å²) in [5.74, 6) is -0.945. The Bertz CT molecular complexity index is 873. The topological polar surface area (TPSA) is 113 Å². The van der Waals surface area contributed by atoms with E-state index in [1.807, 2.05) is 31.2 Å². The fourth-order valence-corrected chi connectivity index (χ4v) is 2.94. The van der Waals surface area contributed by atoms with Crippen LogP contribution < -0.4 is 21.7 Å². The Morgan fingerprint density at radius 1 is 1.00 bits per heavy atom. The van der Waals surface area contributed by atoms with Gasteiger partial charge in [-0.2, -0.15) is 0 Å². The summed E-state index contributed by atoms with van der Waals surface area (Å²) in [7, 11) is 0. The molecular formula is C21H25FN4O3. The van der Waals surface area contributed by atoms with Gasteiger partial charge in [-0.3, -0.25) is 9.59 Å². The van der Waals surface area contributed by atoms with E-state index < -0.39 is 17.9 Å². The van der Waals surface area contributed by atoms with Crippen LogP contribution in [-0.4, -0.2) is 30.9 Å². The van der Waals surface area contributed by atoms with Crippen molar-refractivity contribution in [2.45, 2.75) is 25.8 Å². The molecule has 1 unspecified atom stereocenters. The first-order chi connectivity index (χ1) is 13.8. The van der Waals surface area contributed by atoms with E-state index in [4.69, 9.17) is 5.73 Å². The van der Waals surface area contributed by atoms with Crippen molar-refractivity contribution in [3.05, 3.63) is 71.0 Å². The minimum absolute atomic E-state index is 0.0189. The first-order valence-electron chi connectivity index (χ1n) is 9.24. The van der Waals surface area contributed by atoms with E-state index in [0.29, 0.717) is 5.56 Å².